The standard InChI is InChI=1S/C15H26ClN3O2/c1-4-6-17-11(10-14-20-7-8-21-14)9-13-15(16)12(5-2)18-19(13)3/h11,14,17H,4-10H2,1-3H3. The molecule has 0 amide bonds. The summed E-state index contributed by atoms with van der Waals surface area (Å²) in [6.45, 7) is 6.60. The van der Waals surface area contributed by atoms with Crippen molar-refractivity contribution in [3.63, 3.8) is 0 Å². The van der Waals surface area contributed by atoms with E-state index in [4.69, 9.17) is 21.1 Å². The first-order valence-corrected chi connectivity index (χ1v) is 8.20. The van der Waals surface area contributed by atoms with Gasteiger partial charge < -0.3 is 14.8 Å². The third-order valence-corrected chi connectivity index (χ3v) is 4.23. The van der Waals surface area contributed by atoms with Crippen LogP contribution in [0.1, 0.15) is 38.1 Å². The molecule has 0 bridgehead atoms. The first-order chi connectivity index (χ1) is 10.2. The Morgan fingerprint density at radius 2 is 2.10 bits per heavy atom. The Kier molecular flexibility index (Phi) is 6.48. The van der Waals surface area contributed by atoms with Crippen LogP contribution in [0.5, 0.6) is 0 Å². The lowest BCUT2D eigenvalue weighted by Crippen LogP contribution is -2.36. The molecule has 21 heavy (non-hydrogen) atoms. The van der Waals surface area contributed by atoms with Crippen molar-refractivity contribution >= 4 is 11.6 Å². The molecule has 1 saturated heterocycles. The average molecular weight is 316 g/mol. The minimum absolute atomic E-state index is 0.1000. The van der Waals surface area contributed by atoms with E-state index in [1.807, 2.05) is 11.7 Å². The fourth-order valence-electron chi connectivity index (χ4n) is 2.64. The smallest absolute Gasteiger partial charge is 0.159 e. The Bertz CT molecular complexity index is 444. The van der Waals surface area contributed by atoms with E-state index in [1.165, 1.54) is 0 Å². The molecule has 1 fully saturated rings. The summed E-state index contributed by atoms with van der Waals surface area (Å²) in [6, 6.07) is 0.283. The monoisotopic (exact) mass is 315 g/mol. The van der Waals surface area contributed by atoms with Gasteiger partial charge in [0, 0.05) is 25.9 Å². The van der Waals surface area contributed by atoms with Gasteiger partial charge in [-0.15, -0.1) is 0 Å². The van der Waals surface area contributed by atoms with Gasteiger partial charge >= 0.3 is 0 Å². The fourth-order valence-corrected chi connectivity index (χ4v) is 3.01. The highest BCUT2D eigenvalue weighted by atomic mass is 35.5. The van der Waals surface area contributed by atoms with Crippen LogP contribution in [0.25, 0.3) is 0 Å². The molecule has 1 aliphatic heterocycles. The first-order valence-electron chi connectivity index (χ1n) is 7.82. The normalized spacial score (nSPS) is 17.5. The third kappa shape index (κ3) is 4.42. The largest absolute Gasteiger partial charge is 0.350 e. The van der Waals surface area contributed by atoms with Crippen LogP contribution in [0.15, 0.2) is 0 Å². The van der Waals surface area contributed by atoms with Crippen LogP contribution in [0.2, 0.25) is 5.02 Å². The molecule has 2 rings (SSSR count). The predicted octanol–water partition coefficient (Wildman–Crippen LogP) is 2.31. The number of ether oxygens (including phenoxy) is 2. The van der Waals surface area contributed by atoms with Gasteiger partial charge in [0.05, 0.1) is 29.6 Å². The maximum Gasteiger partial charge on any atom is 0.159 e. The Morgan fingerprint density at radius 3 is 2.67 bits per heavy atom. The third-order valence-electron chi connectivity index (χ3n) is 3.79. The van der Waals surface area contributed by atoms with Crippen LogP contribution in [0.3, 0.4) is 0 Å². The second kappa shape index (κ2) is 8.13. The zero-order chi connectivity index (χ0) is 15.2. The lowest BCUT2D eigenvalue weighted by Gasteiger charge is -2.21. The van der Waals surface area contributed by atoms with Crippen LogP contribution in [-0.4, -0.2) is 41.9 Å². The van der Waals surface area contributed by atoms with Crippen LogP contribution in [-0.2, 0) is 29.4 Å². The van der Waals surface area contributed by atoms with Crippen molar-refractivity contribution < 1.29 is 9.47 Å². The molecule has 1 atom stereocenters. The molecule has 0 radical (unpaired) electrons. The molecule has 1 aromatic heterocycles. The van der Waals surface area contributed by atoms with E-state index in [-0.39, 0.29) is 12.3 Å². The molecule has 0 saturated carbocycles. The summed E-state index contributed by atoms with van der Waals surface area (Å²) in [4.78, 5) is 0. The van der Waals surface area contributed by atoms with E-state index < -0.39 is 0 Å². The van der Waals surface area contributed by atoms with Crippen LogP contribution >= 0.6 is 11.6 Å². The first kappa shape index (κ1) is 16.7. The highest BCUT2D eigenvalue weighted by Gasteiger charge is 2.24. The number of hydrogen-bond acceptors (Lipinski definition) is 4. The van der Waals surface area contributed by atoms with Gasteiger partial charge in [0.2, 0.25) is 0 Å². The molecule has 1 aromatic rings. The minimum Gasteiger partial charge on any atom is -0.350 e. The van der Waals surface area contributed by atoms with Crippen molar-refractivity contribution in [2.45, 2.75) is 51.9 Å². The molecule has 2 heterocycles. The lowest BCUT2D eigenvalue weighted by molar-refractivity contribution is -0.0527. The predicted molar refractivity (Wildman–Crippen MR) is 83.7 cm³/mol. The summed E-state index contributed by atoms with van der Waals surface area (Å²) in [5.41, 5.74) is 2.05. The van der Waals surface area contributed by atoms with Crippen molar-refractivity contribution in [3.05, 3.63) is 16.4 Å². The number of nitrogens with one attached hydrogen (secondary N) is 1. The van der Waals surface area contributed by atoms with E-state index in [1.54, 1.807) is 0 Å². The summed E-state index contributed by atoms with van der Waals surface area (Å²) in [5, 5.41) is 8.86. The maximum atomic E-state index is 6.45. The van der Waals surface area contributed by atoms with E-state index >= 15 is 0 Å². The fraction of sp³-hybridized carbons (Fsp3) is 0.800. The van der Waals surface area contributed by atoms with Crippen molar-refractivity contribution in [2.75, 3.05) is 19.8 Å². The summed E-state index contributed by atoms with van der Waals surface area (Å²) in [7, 11) is 1.96. The molecule has 1 aliphatic rings. The Morgan fingerprint density at radius 1 is 1.38 bits per heavy atom. The van der Waals surface area contributed by atoms with Gasteiger partial charge in [-0.1, -0.05) is 25.4 Å². The second-order valence-corrected chi connectivity index (χ2v) is 5.82. The molecule has 1 unspecified atom stereocenters. The van der Waals surface area contributed by atoms with E-state index in [9.17, 15) is 0 Å². The van der Waals surface area contributed by atoms with Gasteiger partial charge in [0.25, 0.3) is 0 Å². The molecule has 1 N–H and O–H groups in total. The van der Waals surface area contributed by atoms with Crippen LogP contribution < -0.4 is 5.32 Å². The quantitative estimate of drug-likeness (QED) is 0.800. The topological polar surface area (TPSA) is 48.3 Å². The number of rotatable bonds is 8. The van der Waals surface area contributed by atoms with Gasteiger partial charge in [-0.25, -0.2) is 0 Å². The van der Waals surface area contributed by atoms with Gasteiger partial charge in [-0.3, -0.25) is 4.68 Å². The zero-order valence-corrected chi connectivity index (χ0v) is 13.9. The molecule has 0 spiro atoms. The van der Waals surface area contributed by atoms with Gasteiger partial charge in [0.15, 0.2) is 6.29 Å². The lowest BCUT2D eigenvalue weighted by atomic mass is 10.1. The number of nitrogens with zero attached hydrogens (tertiary/aromatic N) is 2. The van der Waals surface area contributed by atoms with E-state index in [0.29, 0.717) is 13.2 Å². The molecular weight excluding hydrogens is 290 g/mol. The Hall–Kier alpha value is -0.620. The highest BCUT2D eigenvalue weighted by Crippen LogP contribution is 2.23. The van der Waals surface area contributed by atoms with Gasteiger partial charge in [0.1, 0.15) is 0 Å². The zero-order valence-electron chi connectivity index (χ0n) is 13.2. The van der Waals surface area contributed by atoms with Crippen molar-refractivity contribution in [2.24, 2.45) is 7.05 Å². The number of hydrogen-bond donors (Lipinski definition) is 1. The van der Waals surface area contributed by atoms with Crippen molar-refractivity contribution in [1.29, 1.82) is 0 Å². The van der Waals surface area contributed by atoms with Crippen LogP contribution in [0, 0.1) is 0 Å². The summed E-state index contributed by atoms with van der Waals surface area (Å²) < 4.78 is 13.0. The Labute approximate surface area is 131 Å². The number of halogens is 1. The second-order valence-electron chi connectivity index (χ2n) is 5.45. The van der Waals surface area contributed by atoms with Crippen molar-refractivity contribution in [3.8, 4) is 0 Å². The van der Waals surface area contributed by atoms with Crippen LogP contribution in [0.4, 0.5) is 0 Å². The average Bonchev–Trinajstić information content (AvgIpc) is 3.07. The number of aryl methyl sites for hydroxylation is 2. The summed E-state index contributed by atoms with van der Waals surface area (Å²) >= 11 is 6.45. The minimum atomic E-state index is -0.1000. The van der Waals surface area contributed by atoms with E-state index in [0.717, 1.165) is 48.6 Å². The molecule has 6 heteroatoms. The SMILES string of the molecule is CCCNC(Cc1c(Cl)c(CC)nn1C)CC1OCCO1. The Balaban J connectivity index is 2.04. The molecular formula is C15H26ClN3O2. The van der Waals surface area contributed by atoms with Gasteiger partial charge in [-0.2, -0.15) is 5.10 Å². The maximum absolute atomic E-state index is 6.45. The van der Waals surface area contributed by atoms with Crippen molar-refractivity contribution in [1.82, 2.24) is 15.1 Å². The summed E-state index contributed by atoms with van der Waals surface area (Å²) in [5.74, 6) is 0. The molecule has 120 valence electrons. The molecule has 0 aliphatic carbocycles. The van der Waals surface area contributed by atoms with Gasteiger partial charge in [-0.05, 0) is 19.4 Å². The summed E-state index contributed by atoms with van der Waals surface area (Å²) in [6.07, 6.45) is 3.53. The highest BCUT2D eigenvalue weighted by molar-refractivity contribution is 6.31. The molecule has 5 nitrogen and oxygen atoms in total. The molecule has 0 aromatic carbocycles. The number of aromatic nitrogens is 2. The van der Waals surface area contributed by atoms with E-state index in [2.05, 4.69) is 24.3 Å².